The topological polar surface area (TPSA) is 64.3 Å². The zero-order valence-corrected chi connectivity index (χ0v) is 11.9. The number of anilines is 1. The number of halogens is 1. The van der Waals surface area contributed by atoms with Crippen LogP contribution in [0.25, 0.3) is 0 Å². The average molecular weight is 288 g/mol. The average Bonchev–Trinajstić information content (AvgIpc) is 2.43. The van der Waals surface area contributed by atoms with E-state index < -0.39 is 5.82 Å². The van der Waals surface area contributed by atoms with Gasteiger partial charge in [-0.1, -0.05) is 6.07 Å². The lowest BCUT2D eigenvalue weighted by Crippen LogP contribution is -2.23. The summed E-state index contributed by atoms with van der Waals surface area (Å²) in [5, 5.41) is 2.73. The molecule has 0 bridgehead atoms. The fraction of sp³-hybridized carbons (Fsp3) is 0.188. The smallest absolute Gasteiger partial charge is 0.251 e. The maximum atomic E-state index is 13.3. The van der Waals surface area contributed by atoms with E-state index in [1.165, 1.54) is 12.1 Å². The second-order valence-electron chi connectivity index (χ2n) is 4.78. The van der Waals surface area contributed by atoms with Gasteiger partial charge in [-0.05, 0) is 48.4 Å². The van der Waals surface area contributed by atoms with Gasteiger partial charge in [-0.2, -0.15) is 0 Å². The molecule has 21 heavy (non-hydrogen) atoms. The van der Waals surface area contributed by atoms with Crippen molar-refractivity contribution in [2.45, 2.75) is 13.5 Å². The Morgan fingerprint density at radius 1 is 1.29 bits per heavy atom. The molecule has 2 rings (SSSR count). The number of aryl methyl sites for hydroxylation is 1. The van der Waals surface area contributed by atoms with Crippen molar-refractivity contribution >= 4 is 11.6 Å². The third-order valence-electron chi connectivity index (χ3n) is 3.05. The summed E-state index contributed by atoms with van der Waals surface area (Å²) >= 11 is 0. The van der Waals surface area contributed by atoms with Crippen LogP contribution in [0.4, 0.5) is 10.1 Å². The molecule has 0 aromatic heterocycles. The lowest BCUT2D eigenvalue weighted by Gasteiger charge is -2.09. The van der Waals surface area contributed by atoms with Gasteiger partial charge in [-0.3, -0.25) is 4.79 Å². The molecule has 0 heterocycles. The molecule has 0 aliphatic rings. The highest BCUT2D eigenvalue weighted by molar-refractivity contribution is 5.94. The molecule has 0 aliphatic carbocycles. The largest absolute Gasteiger partial charge is 0.495 e. The lowest BCUT2D eigenvalue weighted by molar-refractivity contribution is 0.0950. The molecule has 0 spiro atoms. The Kier molecular flexibility index (Phi) is 4.42. The van der Waals surface area contributed by atoms with E-state index in [0.717, 1.165) is 5.56 Å². The normalized spacial score (nSPS) is 10.2. The van der Waals surface area contributed by atoms with Crippen molar-refractivity contribution in [3.8, 4) is 5.75 Å². The molecule has 110 valence electrons. The quantitative estimate of drug-likeness (QED) is 0.850. The minimum atomic E-state index is -0.422. The molecule has 5 heteroatoms. The maximum Gasteiger partial charge on any atom is 0.251 e. The number of ether oxygens (including phenoxy) is 1. The number of carbonyl (C=O) groups is 1. The first-order chi connectivity index (χ1) is 9.99. The van der Waals surface area contributed by atoms with E-state index in [2.05, 4.69) is 5.32 Å². The first kappa shape index (κ1) is 14.8. The molecule has 2 aromatic rings. The second-order valence-corrected chi connectivity index (χ2v) is 4.78. The van der Waals surface area contributed by atoms with Crippen molar-refractivity contribution in [3.05, 3.63) is 58.9 Å². The van der Waals surface area contributed by atoms with Crippen LogP contribution in [0.15, 0.2) is 36.4 Å². The number of rotatable bonds is 4. The number of methoxy groups -OCH3 is 1. The third kappa shape index (κ3) is 3.72. The summed E-state index contributed by atoms with van der Waals surface area (Å²) in [6, 6.07) is 9.51. The van der Waals surface area contributed by atoms with E-state index in [1.807, 2.05) is 6.07 Å². The summed E-state index contributed by atoms with van der Waals surface area (Å²) in [6.45, 7) is 2.05. The summed E-state index contributed by atoms with van der Waals surface area (Å²) in [5.41, 5.74) is 8.15. The standard InChI is InChI=1S/C16H17FN2O2/c1-10-5-12(8-13(17)6-10)16(20)19-9-11-3-4-15(21-2)14(18)7-11/h3-8H,9,18H2,1-2H3,(H,19,20). The van der Waals surface area contributed by atoms with Crippen LogP contribution >= 0.6 is 0 Å². The number of hydrogen-bond donors (Lipinski definition) is 2. The Balaban J connectivity index is 2.05. The van der Waals surface area contributed by atoms with Gasteiger partial charge in [-0.15, -0.1) is 0 Å². The first-order valence-corrected chi connectivity index (χ1v) is 6.47. The van der Waals surface area contributed by atoms with E-state index in [-0.39, 0.29) is 5.91 Å². The van der Waals surface area contributed by atoms with Gasteiger partial charge in [0.25, 0.3) is 5.91 Å². The molecule has 1 amide bonds. The second kappa shape index (κ2) is 6.26. The Morgan fingerprint density at radius 3 is 2.67 bits per heavy atom. The summed E-state index contributed by atoms with van der Waals surface area (Å²) in [5.74, 6) is -0.160. The van der Waals surface area contributed by atoms with Crippen molar-refractivity contribution in [1.82, 2.24) is 5.32 Å². The Bertz CT molecular complexity index is 651. The van der Waals surface area contributed by atoms with Gasteiger partial charge < -0.3 is 15.8 Å². The minimum Gasteiger partial charge on any atom is -0.495 e. The molecule has 0 unspecified atom stereocenters. The zero-order chi connectivity index (χ0) is 15.4. The maximum absolute atomic E-state index is 13.3. The summed E-state index contributed by atoms with van der Waals surface area (Å²) in [4.78, 5) is 12.0. The van der Waals surface area contributed by atoms with E-state index in [0.29, 0.717) is 29.1 Å². The van der Waals surface area contributed by atoms with E-state index >= 15 is 0 Å². The number of nitrogens with two attached hydrogens (primary N) is 1. The Morgan fingerprint density at radius 2 is 2.05 bits per heavy atom. The summed E-state index contributed by atoms with van der Waals surface area (Å²) in [7, 11) is 1.54. The highest BCUT2D eigenvalue weighted by atomic mass is 19.1. The van der Waals surface area contributed by atoms with Crippen molar-refractivity contribution in [3.63, 3.8) is 0 Å². The highest BCUT2D eigenvalue weighted by Crippen LogP contribution is 2.21. The SMILES string of the molecule is COc1ccc(CNC(=O)c2cc(C)cc(F)c2)cc1N. The van der Waals surface area contributed by atoms with Gasteiger partial charge in [0.05, 0.1) is 12.8 Å². The van der Waals surface area contributed by atoms with E-state index in [4.69, 9.17) is 10.5 Å². The number of amides is 1. The molecule has 0 fully saturated rings. The number of nitrogens with one attached hydrogen (secondary N) is 1. The lowest BCUT2D eigenvalue weighted by atomic mass is 10.1. The molecule has 0 saturated heterocycles. The minimum absolute atomic E-state index is 0.300. The number of carbonyl (C=O) groups excluding carboxylic acids is 1. The molecule has 0 saturated carbocycles. The fourth-order valence-electron chi connectivity index (χ4n) is 2.05. The molecule has 0 radical (unpaired) electrons. The van der Waals surface area contributed by atoms with Crippen LogP contribution < -0.4 is 15.8 Å². The van der Waals surface area contributed by atoms with Crippen LogP contribution in [0.3, 0.4) is 0 Å². The van der Waals surface area contributed by atoms with E-state index in [9.17, 15) is 9.18 Å². The number of nitrogen functional groups attached to an aromatic ring is 1. The predicted molar refractivity (Wildman–Crippen MR) is 79.7 cm³/mol. The van der Waals surface area contributed by atoms with Crippen LogP contribution in [0.1, 0.15) is 21.5 Å². The molecule has 2 aromatic carbocycles. The molecule has 4 nitrogen and oxygen atoms in total. The number of hydrogen-bond acceptors (Lipinski definition) is 3. The first-order valence-electron chi connectivity index (χ1n) is 6.47. The Labute approximate surface area is 122 Å². The van der Waals surface area contributed by atoms with Gasteiger partial charge in [-0.25, -0.2) is 4.39 Å². The Hall–Kier alpha value is -2.56. The molecule has 3 N–H and O–H groups in total. The van der Waals surface area contributed by atoms with Crippen LogP contribution in [0, 0.1) is 12.7 Å². The van der Waals surface area contributed by atoms with E-state index in [1.54, 1.807) is 32.2 Å². The fourth-order valence-corrected chi connectivity index (χ4v) is 2.05. The van der Waals surface area contributed by atoms with Crippen LogP contribution in [0.2, 0.25) is 0 Å². The summed E-state index contributed by atoms with van der Waals surface area (Å²) in [6.07, 6.45) is 0. The van der Waals surface area contributed by atoms with Gasteiger partial charge in [0.1, 0.15) is 11.6 Å². The zero-order valence-electron chi connectivity index (χ0n) is 11.9. The van der Waals surface area contributed by atoms with Gasteiger partial charge in [0.2, 0.25) is 0 Å². The van der Waals surface area contributed by atoms with Gasteiger partial charge in [0, 0.05) is 12.1 Å². The van der Waals surface area contributed by atoms with Crippen molar-refractivity contribution in [2.75, 3.05) is 12.8 Å². The molecular weight excluding hydrogens is 271 g/mol. The monoisotopic (exact) mass is 288 g/mol. The van der Waals surface area contributed by atoms with Crippen LogP contribution in [-0.2, 0) is 6.54 Å². The molecule has 0 aliphatic heterocycles. The number of benzene rings is 2. The predicted octanol–water partition coefficient (Wildman–Crippen LogP) is 2.65. The van der Waals surface area contributed by atoms with Gasteiger partial charge in [0.15, 0.2) is 0 Å². The van der Waals surface area contributed by atoms with Crippen molar-refractivity contribution < 1.29 is 13.9 Å². The molecule has 0 atom stereocenters. The van der Waals surface area contributed by atoms with Gasteiger partial charge >= 0.3 is 0 Å². The van der Waals surface area contributed by atoms with Crippen molar-refractivity contribution in [1.29, 1.82) is 0 Å². The highest BCUT2D eigenvalue weighted by Gasteiger charge is 2.08. The molecular formula is C16H17FN2O2. The van der Waals surface area contributed by atoms with Crippen molar-refractivity contribution in [2.24, 2.45) is 0 Å². The third-order valence-corrected chi connectivity index (χ3v) is 3.05. The van der Waals surface area contributed by atoms with Crippen LogP contribution in [-0.4, -0.2) is 13.0 Å². The van der Waals surface area contributed by atoms with Crippen LogP contribution in [0.5, 0.6) is 5.75 Å². The summed E-state index contributed by atoms with van der Waals surface area (Å²) < 4.78 is 18.3.